The molecule has 0 aliphatic heterocycles. The number of rotatable bonds is 3. The zero-order valence-corrected chi connectivity index (χ0v) is 12.9. The summed E-state index contributed by atoms with van der Waals surface area (Å²) in [6.45, 7) is 4.26. The minimum absolute atomic E-state index is 0.129. The van der Waals surface area contributed by atoms with E-state index in [0.717, 1.165) is 28.2 Å². The molecule has 0 aliphatic carbocycles. The van der Waals surface area contributed by atoms with Crippen molar-refractivity contribution in [2.75, 3.05) is 11.9 Å². The van der Waals surface area contributed by atoms with Gasteiger partial charge in [0.05, 0.1) is 17.7 Å². The molecule has 5 heteroatoms. The summed E-state index contributed by atoms with van der Waals surface area (Å²) in [5.74, 6) is 5.70. The number of hydrogen-bond donors (Lipinski definition) is 2. The number of aryl methyl sites for hydroxylation is 2. The maximum atomic E-state index is 12.2. The van der Waals surface area contributed by atoms with Crippen LogP contribution < -0.4 is 11.1 Å². The Morgan fingerprint density at radius 2 is 2.29 bits per heavy atom. The van der Waals surface area contributed by atoms with Crippen LogP contribution in [0.3, 0.4) is 0 Å². The Balaban J connectivity index is 2.21. The normalized spacial score (nSPS) is 9.86. The van der Waals surface area contributed by atoms with Crippen LogP contribution in [0.15, 0.2) is 24.4 Å². The molecule has 0 spiro atoms. The summed E-state index contributed by atoms with van der Waals surface area (Å²) in [5.41, 5.74) is 8.14. The van der Waals surface area contributed by atoms with Gasteiger partial charge in [-0.15, -0.1) is 11.3 Å². The van der Waals surface area contributed by atoms with Gasteiger partial charge in [0.15, 0.2) is 0 Å². The molecule has 1 amide bonds. The molecule has 0 unspecified atom stereocenters. The van der Waals surface area contributed by atoms with Crippen molar-refractivity contribution in [2.45, 2.75) is 20.3 Å². The van der Waals surface area contributed by atoms with Gasteiger partial charge in [0.1, 0.15) is 4.88 Å². The predicted molar refractivity (Wildman–Crippen MR) is 86.6 cm³/mol. The number of aromatic nitrogens is 1. The first kappa shape index (κ1) is 15.2. The number of carbonyl (C=O) groups is 1. The van der Waals surface area contributed by atoms with Crippen molar-refractivity contribution in [3.05, 3.63) is 45.4 Å². The van der Waals surface area contributed by atoms with Crippen molar-refractivity contribution >= 4 is 22.9 Å². The second-order valence-corrected chi connectivity index (χ2v) is 5.66. The largest absolute Gasteiger partial charge is 0.321 e. The first-order valence-corrected chi connectivity index (χ1v) is 7.51. The van der Waals surface area contributed by atoms with E-state index in [1.54, 1.807) is 6.20 Å². The van der Waals surface area contributed by atoms with Gasteiger partial charge in [-0.3, -0.25) is 4.79 Å². The highest BCUT2D eigenvalue weighted by atomic mass is 32.1. The van der Waals surface area contributed by atoms with Crippen LogP contribution in [0.4, 0.5) is 5.69 Å². The SMILES string of the molecule is CCc1cc(C#CCN)ccc1NC(=O)c1cnc(C)s1. The van der Waals surface area contributed by atoms with Gasteiger partial charge in [-0.2, -0.15) is 0 Å². The van der Waals surface area contributed by atoms with Gasteiger partial charge < -0.3 is 11.1 Å². The number of nitrogens with two attached hydrogens (primary N) is 1. The van der Waals surface area contributed by atoms with Gasteiger partial charge >= 0.3 is 0 Å². The van der Waals surface area contributed by atoms with E-state index in [1.165, 1.54) is 11.3 Å². The molecule has 1 heterocycles. The maximum absolute atomic E-state index is 12.2. The summed E-state index contributed by atoms with van der Waals surface area (Å²) in [7, 11) is 0. The van der Waals surface area contributed by atoms with E-state index in [2.05, 4.69) is 22.1 Å². The van der Waals surface area contributed by atoms with Crippen LogP contribution in [0.5, 0.6) is 0 Å². The zero-order chi connectivity index (χ0) is 15.2. The molecular weight excluding hydrogens is 282 g/mol. The average molecular weight is 299 g/mol. The van der Waals surface area contributed by atoms with Crippen molar-refractivity contribution in [1.82, 2.24) is 4.98 Å². The van der Waals surface area contributed by atoms with Gasteiger partial charge in [-0.05, 0) is 37.1 Å². The van der Waals surface area contributed by atoms with E-state index < -0.39 is 0 Å². The third-order valence-electron chi connectivity index (χ3n) is 2.91. The molecule has 0 fully saturated rings. The smallest absolute Gasteiger partial charge is 0.267 e. The molecule has 3 N–H and O–H groups in total. The summed E-state index contributed by atoms with van der Waals surface area (Å²) in [5, 5.41) is 3.81. The number of benzene rings is 1. The van der Waals surface area contributed by atoms with E-state index in [4.69, 9.17) is 5.73 Å². The maximum Gasteiger partial charge on any atom is 0.267 e. The molecule has 0 bridgehead atoms. The van der Waals surface area contributed by atoms with Crippen LogP contribution in [0.2, 0.25) is 0 Å². The highest BCUT2D eigenvalue weighted by Gasteiger charge is 2.11. The number of carbonyl (C=O) groups excluding carboxylic acids is 1. The molecular formula is C16H17N3OS. The fraction of sp³-hybridized carbons (Fsp3) is 0.250. The van der Waals surface area contributed by atoms with Crippen molar-refractivity contribution in [3.8, 4) is 11.8 Å². The van der Waals surface area contributed by atoms with E-state index in [0.29, 0.717) is 11.4 Å². The summed E-state index contributed by atoms with van der Waals surface area (Å²) in [4.78, 5) is 16.9. The number of thiazole rings is 1. The fourth-order valence-corrected chi connectivity index (χ4v) is 2.56. The minimum Gasteiger partial charge on any atom is -0.321 e. The van der Waals surface area contributed by atoms with E-state index >= 15 is 0 Å². The molecule has 2 rings (SSSR count). The molecule has 1 aromatic carbocycles. The highest BCUT2D eigenvalue weighted by molar-refractivity contribution is 7.13. The van der Waals surface area contributed by atoms with E-state index in [9.17, 15) is 4.79 Å². The van der Waals surface area contributed by atoms with E-state index in [-0.39, 0.29) is 5.91 Å². The molecule has 4 nitrogen and oxygen atoms in total. The first-order valence-electron chi connectivity index (χ1n) is 6.69. The highest BCUT2D eigenvalue weighted by Crippen LogP contribution is 2.20. The lowest BCUT2D eigenvalue weighted by atomic mass is 10.1. The summed E-state index contributed by atoms with van der Waals surface area (Å²) < 4.78 is 0. The molecule has 0 aliphatic rings. The minimum atomic E-state index is -0.129. The summed E-state index contributed by atoms with van der Waals surface area (Å²) in [6, 6.07) is 5.75. The van der Waals surface area contributed by atoms with Crippen LogP contribution in [-0.2, 0) is 6.42 Å². The Bertz CT molecular complexity index is 710. The molecule has 108 valence electrons. The Morgan fingerprint density at radius 3 is 2.90 bits per heavy atom. The molecule has 0 atom stereocenters. The third kappa shape index (κ3) is 3.91. The second-order valence-electron chi connectivity index (χ2n) is 4.43. The lowest BCUT2D eigenvalue weighted by Crippen LogP contribution is -2.11. The Labute approximate surface area is 128 Å². The average Bonchev–Trinajstić information content (AvgIpc) is 2.92. The Hall–Kier alpha value is -2.16. The standard InChI is InChI=1S/C16H17N3OS/c1-3-13-9-12(5-4-8-17)6-7-14(13)19-16(20)15-10-18-11(2)21-15/h6-7,9-10H,3,8,17H2,1-2H3,(H,19,20). The molecule has 1 aromatic heterocycles. The second kappa shape index (κ2) is 7.02. The fourth-order valence-electron chi connectivity index (χ4n) is 1.89. The first-order chi connectivity index (χ1) is 10.1. The van der Waals surface area contributed by atoms with Crippen LogP contribution in [-0.4, -0.2) is 17.4 Å². The lowest BCUT2D eigenvalue weighted by Gasteiger charge is -2.09. The van der Waals surface area contributed by atoms with Crippen molar-refractivity contribution < 1.29 is 4.79 Å². The van der Waals surface area contributed by atoms with E-state index in [1.807, 2.05) is 32.0 Å². The molecule has 21 heavy (non-hydrogen) atoms. The van der Waals surface area contributed by atoms with Crippen LogP contribution in [0.25, 0.3) is 0 Å². The monoisotopic (exact) mass is 299 g/mol. The van der Waals surface area contributed by atoms with Gasteiger partial charge in [0.25, 0.3) is 5.91 Å². The predicted octanol–water partition coefficient (Wildman–Crippen LogP) is 2.58. The summed E-state index contributed by atoms with van der Waals surface area (Å²) >= 11 is 1.38. The molecule has 0 saturated heterocycles. The number of anilines is 1. The Morgan fingerprint density at radius 1 is 1.48 bits per heavy atom. The van der Waals surface area contributed by atoms with Gasteiger partial charge in [-0.1, -0.05) is 18.8 Å². The van der Waals surface area contributed by atoms with Crippen molar-refractivity contribution in [3.63, 3.8) is 0 Å². The molecule has 2 aromatic rings. The number of nitrogens with zero attached hydrogens (tertiary/aromatic N) is 1. The zero-order valence-electron chi connectivity index (χ0n) is 12.1. The third-order valence-corrected chi connectivity index (χ3v) is 3.83. The lowest BCUT2D eigenvalue weighted by molar-refractivity contribution is 0.103. The number of hydrogen-bond acceptors (Lipinski definition) is 4. The van der Waals surface area contributed by atoms with Crippen molar-refractivity contribution in [1.29, 1.82) is 0 Å². The van der Waals surface area contributed by atoms with Crippen molar-refractivity contribution in [2.24, 2.45) is 5.73 Å². The van der Waals surface area contributed by atoms with Gasteiger partial charge in [0.2, 0.25) is 0 Å². The summed E-state index contributed by atoms with van der Waals surface area (Å²) in [6.07, 6.45) is 2.41. The molecule has 0 saturated carbocycles. The molecule has 0 radical (unpaired) electrons. The van der Waals surface area contributed by atoms with Crippen LogP contribution in [0, 0.1) is 18.8 Å². The topological polar surface area (TPSA) is 68.0 Å². The number of nitrogens with one attached hydrogen (secondary N) is 1. The van der Waals surface area contributed by atoms with Crippen LogP contribution >= 0.6 is 11.3 Å². The Kier molecular flexibility index (Phi) is 5.09. The van der Waals surface area contributed by atoms with Gasteiger partial charge in [-0.25, -0.2) is 4.98 Å². The van der Waals surface area contributed by atoms with Crippen LogP contribution in [0.1, 0.15) is 32.7 Å². The quantitative estimate of drug-likeness (QED) is 0.856. The van der Waals surface area contributed by atoms with Gasteiger partial charge in [0, 0.05) is 11.3 Å². The number of amides is 1.